The maximum absolute atomic E-state index is 13.5. The molecule has 7 nitrogen and oxygen atoms in total. The van der Waals surface area contributed by atoms with Crippen molar-refractivity contribution in [3.8, 4) is 0 Å². The molecular weight excluding hydrogens is 376 g/mol. The molecule has 0 bridgehead atoms. The van der Waals surface area contributed by atoms with E-state index in [2.05, 4.69) is 0 Å². The van der Waals surface area contributed by atoms with Gasteiger partial charge in [0.1, 0.15) is 23.6 Å². The molecule has 3 aliphatic carbocycles. The number of ketones is 5. The van der Waals surface area contributed by atoms with Crippen molar-refractivity contribution in [2.45, 2.75) is 52.7 Å². The standard InChI is InChI=1S/C22H22O7/c1-8-6-11(24)13-14-12(8)18-16(21(4,5)10(3)29-18)17(25)15(14)20(27)22(28,19(13)26)7-9(2)23/h6,10,13,16,28H,7H2,1-5H3/t10-,13?,16?,22-/m0/s1. The van der Waals surface area contributed by atoms with Crippen molar-refractivity contribution in [3.63, 3.8) is 0 Å². The maximum atomic E-state index is 13.5. The van der Waals surface area contributed by atoms with Gasteiger partial charge in [-0.1, -0.05) is 13.8 Å². The van der Waals surface area contributed by atoms with Crippen LogP contribution < -0.4 is 0 Å². The predicted octanol–water partition coefficient (Wildman–Crippen LogP) is 1.19. The lowest BCUT2D eigenvalue weighted by atomic mass is 9.58. The first-order valence-corrected chi connectivity index (χ1v) is 9.57. The van der Waals surface area contributed by atoms with E-state index in [4.69, 9.17) is 4.74 Å². The molecule has 1 fully saturated rings. The average Bonchev–Trinajstić information content (AvgIpc) is 2.82. The largest absolute Gasteiger partial charge is 0.493 e. The van der Waals surface area contributed by atoms with Gasteiger partial charge in [0.15, 0.2) is 23.0 Å². The van der Waals surface area contributed by atoms with Crippen LogP contribution in [-0.4, -0.2) is 45.7 Å². The van der Waals surface area contributed by atoms with Crippen LogP contribution in [0.4, 0.5) is 0 Å². The van der Waals surface area contributed by atoms with Crippen LogP contribution in [0, 0.1) is 17.3 Å². The van der Waals surface area contributed by atoms with Crippen LogP contribution in [0.3, 0.4) is 0 Å². The SMILES string of the molecule is CC(=O)C[C@@]1(O)C(=O)C2=C3C(=C4O[C@@H](C)C(C)(C)C4C2=O)C(C)=CC(=O)C3C1=O. The summed E-state index contributed by atoms with van der Waals surface area (Å²) in [5.41, 5.74) is -2.73. The molecule has 1 heterocycles. The Kier molecular flexibility index (Phi) is 3.85. The van der Waals surface area contributed by atoms with E-state index in [0.717, 1.165) is 6.92 Å². The highest BCUT2D eigenvalue weighted by atomic mass is 16.5. The predicted molar refractivity (Wildman–Crippen MR) is 99.4 cm³/mol. The third-order valence-corrected chi connectivity index (χ3v) is 6.75. The zero-order valence-electron chi connectivity index (χ0n) is 16.9. The van der Waals surface area contributed by atoms with Gasteiger partial charge in [-0.25, -0.2) is 0 Å². The summed E-state index contributed by atoms with van der Waals surface area (Å²) in [5, 5.41) is 10.9. The highest BCUT2D eigenvalue weighted by molar-refractivity contribution is 6.38. The second-order valence-corrected chi connectivity index (χ2v) is 9.00. The van der Waals surface area contributed by atoms with Crippen molar-refractivity contribution in [2.24, 2.45) is 17.3 Å². The van der Waals surface area contributed by atoms with Gasteiger partial charge in [0.25, 0.3) is 0 Å². The first-order chi connectivity index (χ1) is 13.3. The van der Waals surface area contributed by atoms with Crippen LogP contribution in [0.15, 0.2) is 34.1 Å². The Morgan fingerprint density at radius 1 is 1.17 bits per heavy atom. The second-order valence-electron chi connectivity index (χ2n) is 9.00. The van der Waals surface area contributed by atoms with Crippen molar-refractivity contribution in [1.29, 1.82) is 0 Å². The summed E-state index contributed by atoms with van der Waals surface area (Å²) in [5.74, 6) is -5.83. The van der Waals surface area contributed by atoms with E-state index >= 15 is 0 Å². The molecular formula is C22H22O7. The van der Waals surface area contributed by atoms with E-state index in [1.165, 1.54) is 6.08 Å². The molecule has 0 aromatic carbocycles. The number of hydrogen-bond donors (Lipinski definition) is 1. The third kappa shape index (κ3) is 2.25. The van der Waals surface area contributed by atoms with Gasteiger partial charge in [0.05, 0.1) is 11.5 Å². The molecule has 0 radical (unpaired) electrons. The van der Waals surface area contributed by atoms with Crippen molar-refractivity contribution in [3.05, 3.63) is 34.1 Å². The molecule has 152 valence electrons. The van der Waals surface area contributed by atoms with E-state index in [-0.39, 0.29) is 17.3 Å². The molecule has 0 amide bonds. The first-order valence-electron chi connectivity index (χ1n) is 9.57. The summed E-state index contributed by atoms with van der Waals surface area (Å²) in [7, 11) is 0. The van der Waals surface area contributed by atoms with Crippen molar-refractivity contribution < 1.29 is 33.8 Å². The van der Waals surface area contributed by atoms with Crippen LogP contribution >= 0.6 is 0 Å². The van der Waals surface area contributed by atoms with Crippen LogP contribution in [0.1, 0.15) is 41.0 Å². The smallest absolute Gasteiger partial charge is 0.206 e. The van der Waals surface area contributed by atoms with Gasteiger partial charge in [-0.3, -0.25) is 24.0 Å². The fourth-order valence-electron chi connectivity index (χ4n) is 4.96. The maximum Gasteiger partial charge on any atom is 0.206 e. The summed E-state index contributed by atoms with van der Waals surface area (Å²) in [6.45, 7) is 8.32. The van der Waals surface area contributed by atoms with Gasteiger partial charge >= 0.3 is 0 Å². The molecule has 29 heavy (non-hydrogen) atoms. The number of fused-ring (bicyclic) bond motifs is 1. The number of Topliss-reactive ketones (excluding diaryl/α,β-unsaturated/α-hetero) is 4. The van der Waals surface area contributed by atoms with E-state index in [0.29, 0.717) is 16.9 Å². The third-order valence-electron chi connectivity index (χ3n) is 6.75. The lowest BCUT2D eigenvalue weighted by Gasteiger charge is -2.41. The molecule has 4 aliphatic rings. The van der Waals surface area contributed by atoms with Crippen LogP contribution in [0.5, 0.6) is 0 Å². The lowest BCUT2D eigenvalue weighted by molar-refractivity contribution is -0.157. The van der Waals surface area contributed by atoms with Crippen molar-refractivity contribution in [2.75, 3.05) is 0 Å². The van der Waals surface area contributed by atoms with Gasteiger partial charge in [0, 0.05) is 17.4 Å². The Bertz CT molecular complexity index is 1040. The molecule has 0 spiro atoms. The van der Waals surface area contributed by atoms with Crippen LogP contribution in [0.2, 0.25) is 0 Å². The molecule has 0 aromatic rings. The second kappa shape index (κ2) is 5.69. The minimum Gasteiger partial charge on any atom is -0.493 e. The van der Waals surface area contributed by atoms with E-state index < -0.39 is 58.2 Å². The Labute approximate surface area is 167 Å². The van der Waals surface area contributed by atoms with Crippen LogP contribution in [0.25, 0.3) is 0 Å². The topological polar surface area (TPSA) is 115 Å². The van der Waals surface area contributed by atoms with Crippen LogP contribution in [-0.2, 0) is 28.7 Å². The van der Waals surface area contributed by atoms with Gasteiger partial charge in [-0.2, -0.15) is 0 Å². The molecule has 1 N–H and O–H groups in total. The minimum atomic E-state index is -2.71. The zero-order chi connectivity index (χ0) is 21.6. The number of carbonyl (C=O) groups is 5. The molecule has 7 heteroatoms. The zero-order valence-corrected chi connectivity index (χ0v) is 16.9. The summed E-state index contributed by atoms with van der Waals surface area (Å²) < 4.78 is 6.01. The van der Waals surface area contributed by atoms with E-state index in [1.54, 1.807) is 6.92 Å². The normalized spacial score (nSPS) is 35.4. The molecule has 0 aromatic heterocycles. The van der Waals surface area contributed by atoms with Crippen molar-refractivity contribution in [1.82, 2.24) is 0 Å². The Morgan fingerprint density at radius 2 is 1.79 bits per heavy atom. The monoisotopic (exact) mass is 398 g/mol. The average molecular weight is 398 g/mol. The Hall–Kier alpha value is -2.67. The minimum absolute atomic E-state index is 0.0272. The van der Waals surface area contributed by atoms with Gasteiger partial charge in [0.2, 0.25) is 5.78 Å². The number of allylic oxidation sites excluding steroid dienone is 5. The Morgan fingerprint density at radius 3 is 2.38 bits per heavy atom. The molecule has 4 rings (SSSR count). The summed E-state index contributed by atoms with van der Waals surface area (Å²) >= 11 is 0. The number of aliphatic hydroxyl groups is 1. The number of carbonyl (C=O) groups excluding carboxylic acids is 5. The van der Waals surface area contributed by atoms with Gasteiger partial charge in [-0.05, 0) is 38.0 Å². The summed E-state index contributed by atoms with van der Waals surface area (Å²) in [6, 6.07) is 0. The molecule has 1 saturated heterocycles. The Balaban J connectivity index is 2.06. The summed E-state index contributed by atoms with van der Waals surface area (Å²) in [6.07, 6.45) is 0.169. The fraction of sp³-hybridized carbons (Fsp3) is 0.500. The number of rotatable bonds is 2. The van der Waals surface area contributed by atoms with E-state index in [9.17, 15) is 29.1 Å². The van der Waals surface area contributed by atoms with E-state index in [1.807, 2.05) is 20.8 Å². The highest BCUT2D eigenvalue weighted by Crippen LogP contribution is 2.56. The molecule has 2 unspecified atom stereocenters. The molecule has 1 aliphatic heterocycles. The number of ether oxygens (including phenoxy) is 1. The lowest BCUT2D eigenvalue weighted by Crippen LogP contribution is -2.59. The summed E-state index contributed by atoms with van der Waals surface area (Å²) in [4.78, 5) is 64.3. The molecule has 0 saturated carbocycles. The highest BCUT2D eigenvalue weighted by Gasteiger charge is 2.64. The fourth-order valence-corrected chi connectivity index (χ4v) is 4.96. The molecule has 4 atom stereocenters. The quantitative estimate of drug-likeness (QED) is 0.549. The van der Waals surface area contributed by atoms with Gasteiger partial charge < -0.3 is 9.84 Å². The first kappa shape index (κ1) is 19.6. The van der Waals surface area contributed by atoms with Crippen molar-refractivity contribution >= 4 is 28.9 Å². The van der Waals surface area contributed by atoms with Gasteiger partial charge in [-0.15, -0.1) is 0 Å². The number of hydrogen-bond acceptors (Lipinski definition) is 7.